The molecule has 0 radical (unpaired) electrons. The summed E-state index contributed by atoms with van der Waals surface area (Å²) in [5.41, 5.74) is -4.45. The zero-order valence-electron chi connectivity index (χ0n) is 14.9. The van der Waals surface area contributed by atoms with Gasteiger partial charge in [-0.15, -0.1) is 0 Å². The molecular formula is C15H10F8N6O. The van der Waals surface area contributed by atoms with E-state index >= 15 is 0 Å². The van der Waals surface area contributed by atoms with Crippen molar-refractivity contribution in [2.75, 3.05) is 0 Å². The molecular weight excluding hydrogens is 432 g/mol. The Bertz CT molecular complexity index is 1100. The Kier molecular flexibility index (Phi) is 4.74. The van der Waals surface area contributed by atoms with Crippen LogP contribution in [0.15, 0.2) is 18.5 Å². The Morgan fingerprint density at radius 2 is 1.60 bits per heavy atom. The van der Waals surface area contributed by atoms with Crippen LogP contribution in [0.4, 0.5) is 35.1 Å². The van der Waals surface area contributed by atoms with Gasteiger partial charge < -0.3 is 0 Å². The summed E-state index contributed by atoms with van der Waals surface area (Å²) in [6.45, 7) is 0. The molecule has 0 fully saturated rings. The summed E-state index contributed by atoms with van der Waals surface area (Å²) in [4.78, 5) is 10.9. The largest absolute Gasteiger partial charge is 0.459 e. The van der Waals surface area contributed by atoms with Gasteiger partial charge in [0.2, 0.25) is 0 Å². The minimum absolute atomic E-state index is 0.0807. The first-order valence-electron chi connectivity index (χ1n) is 7.82. The van der Waals surface area contributed by atoms with E-state index in [1.54, 1.807) is 0 Å². The van der Waals surface area contributed by atoms with Crippen molar-refractivity contribution in [2.24, 2.45) is 14.1 Å². The van der Waals surface area contributed by atoms with Crippen LogP contribution in [-0.2, 0) is 26.2 Å². The number of hydrogen-bond donors (Lipinski definition) is 0. The third-order valence-corrected chi connectivity index (χ3v) is 4.09. The van der Waals surface area contributed by atoms with Crippen LogP contribution in [-0.4, -0.2) is 41.8 Å². The molecule has 30 heavy (non-hydrogen) atoms. The van der Waals surface area contributed by atoms with Crippen LogP contribution < -0.4 is 0 Å². The van der Waals surface area contributed by atoms with Gasteiger partial charge in [-0.05, 0) is 6.07 Å². The first kappa shape index (κ1) is 21.4. The lowest BCUT2D eigenvalue weighted by molar-refractivity contribution is -0.292. The van der Waals surface area contributed by atoms with Gasteiger partial charge in [-0.2, -0.15) is 50.4 Å². The molecule has 0 saturated carbocycles. The van der Waals surface area contributed by atoms with E-state index in [2.05, 4.69) is 15.3 Å². The summed E-state index contributed by atoms with van der Waals surface area (Å²) in [6.07, 6.45) is -9.50. The highest BCUT2D eigenvalue weighted by molar-refractivity contribution is 5.75. The Morgan fingerprint density at radius 3 is 2.10 bits per heavy atom. The number of alkyl halides is 8. The second kappa shape index (κ2) is 6.63. The average molecular weight is 442 g/mol. The van der Waals surface area contributed by atoms with Crippen molar-refractivity contribution in [3.05, 3.63) is 35.4 Å². The monoisotopic (exact) mass is 442 g/mol. The van der Waals surface area contributed by atoms with Crippen molar-refractivity contribution in [3.63, 3.8) is 0 Å². The third-order valence-electron chi connectivity index (χ3n) is 4.09. The molecule has 3 aromatic rings. The summed E-state index contributed by atoms with van der Waals surface area (Å²) < 4.78 is 108. The molecule has 0 aliphatic rings. The van der Waals surface area contributed by atoms with Crippen LogP contribution in [0.1, 0.15) is 21.7 Å². The van der Waals surface area contributed by atoms with Crippen LogP contribution in [0.5, 0.6) is 0 Å². The third kappa shape index (κ3) is 3.33. The number of carbonyl (C=O) groups excluding carboxylic acids is 1. The van der Waals surface area contributed by atoms with E-state index in [4.69, 9.17) is 0 Å². The van der Waals surface area contributed by atoms with Crippen LogP contribution in [0.2, 0.25) is 0 Å². The molecule has 3 aromatic heterocycles. The molecule has 15 heteroatoms. The van der Waals surface area contributed by atoms with Gasteiger partial charge in [0.15, 0.2) is 17.8 Å². The van der Waals surface area contributed by atoms with Crippen molar-refractivity contribution in [1.29, 1.82) is 0 Å². The number of carbonyl (C=O) groups is 1. The number of nitrogens with zero attached hydrogens (tertiary/aromatic N) is 6. The van der Waals surface area contributed by atoms with Crippen LogP contribution in [0, 0.1) is 0 Å². The standard InChI is InChI=1S/C15H10F8N6O/c1-27-8(6-30)3-9(25-27)7-4-24-29(5-7)12-10(14(18,19)20)11(26-28(12)2)13(16,17)15(21,22)23/h3-6H,1-2H3. The highest BCUT2D eigenvalue weighted by Crippen LogP contribution is 2.49. The fraction of sp³-hybridized carbons (Fsp3) is 0.333. The summed E-state index contributed by atoms with van der Waals surface area (Å²) >= 11 is 0. The molecule has 0 spiro atoms. The fourth-order valence-corrected chi connectivity index (χ4v) is 2.70. The van der Waals surface area contributed by atoms with E-state index in [1.165, 1.54) is 17.8 Å². The smallest absolute Gasteiger partial charge is 0.296 e. The van der Waals surface area contributed by atoms with E-state index in [-0.39, 0.29) is 21.6 Å². The first-order valence-corrected chi connectivity index (χ1v) is 7.82. The molecule has 7 nitrogen and oxygen atoms in total. The molecule has 0 unspecified atom stereocenters. The molecule has 0 saturated heterocycles. The Balaban J connectivity index is 2.20. The molecule has 0 atom stereocenters. The van der Waals surface area contributed by atoms with Crippen molar-refractivity contribution in [2.45, 2.75) is 18.3 Å². The van der Waals surface area contributed by atoms with Gasteiger partial charge in [0.25, 0.3) is 0 Å². The van der Waals surface area contributed by atoms with Gasteiger partial charge in [0.05, 0.1) is 11.9 Å². The lowest BCUT2D eigenvalue weighted by Crippen LogP contribution is -2.36. The van der Waals surface area contributed by atoms with Gasteiger partial charge in [-0.3, -0.25) is 9.48 Å². The SMILES string of the molecule is Cn1nc(-c2cnn(-c3c(C(F)(F)F)c(C(F)(F)C(F)(F)F)nn3C)c2)cc1C=O. The van der Waals surface area contributed by atoms with Crippen molar-refractivity contribution in [3.8, 4) is 17.1 Å². The lowest BCUT2D eigenvalue weighted by atomic mass is 10.1. The van der Waals surface area contributed by atoms with E-state index in [9.17, 15) is 39.9 Å². The minimum atomic E-state index is -6.30. The van der Waals surface area contributed by atoms with Crippen molar-refractivity contribution < 1.29 is 39.9 Å². The van der Waals surface area contributed by atoms with Crippen molar-refractivity contribution >= 4 is 6.29 Å². The maximum atomic E-state index is 13.7. The fourth-order valence-electron chi connectivity index (χ4n) is 2.70. The zero-order valence-corrected chi connectivity index (χ0v) is 14.9. The summed E-state index contributed by atoms with van der Waals surface area (Å²) in [5, 5.41) is 10.4. The molecule has 3 rings (SSSR count). The molecule has 0 aliphatic carbocycles. The molecule has 0 aliphatic heterocycles. The quantitative estimate of drug-likeness (QED) is 0.458. The summed E-state index contributed by atoms with van der Waals surface area (Å²) in [6, 6.07) is 1.28. The van der Waals surface area contributed by atoms with E-state index < -0.39 is 35.4 Å². The molecule has 3 heterocycles. The second-order valence-corrected chi connectivity index (χ2v) is 6.11. The Hall–Kier alpha value is -3.26. The minimum Gasteiger partial charge on any atom is -0.296 e. The van der Waals surface area contributed by atoms with Gasteiger partial charge in [0.1, 0.15) is 11.3 Å². The second-order valence-electron chi connectivity index (χ2n) is 6.11. The Labute approximate surface area is 161 Å². The van der Waals surface area contributed by atoms with Gasteiger partial charge in [0, 0.05) is 25.9 Å². The molecule has 0 bridgehead atoms. The van der Waals surface area contributed by atoms with Gasteiger partial charge in [-0.25, -0.2) is 9.36 Å². The van der Waals surface area contributed by atoms with E-state index in [0.29, 0.717) is 11.0 Å². The predicted molar refractivity (Wildman–Crippen MR) is 82.9 cm³/mol. The van der Waals surface area contributed by atoms with Crippen molar-refractivity contribution in [1.82, 2.24) is 29.3 Å². The summed E-state index contributed by atoms with van der Waals surface area (Å²) in [7, 11) is 2.19. The number of aldehydes is 1. The van der Waals surface area contributed by atoms with E-state index in [1.807, 2.05) is 0 Å². The maximum Gasteiger partial charge on any atom is 0.459 e. The maximum absolute atomic E-state index is 13.7. The van der Waals surface area contributed by atoms with E-state index in [0.717, 1.165) is 19.4 Å². The first-order chi connectivity index (χ1) is 13.7. The average Bonchev–Trinajstić information content (AvgIpc) is 3.29. The molecule has 0 amide bonds. The topological polar surface area (TPSA) is 70.5 Å². The molecule has 0 N–H and O–H groups in total. The Morgan fingerprint density at radius 1 is 0.967 bits per heavy atom. The van der Waals surface area contributed by atoms with Crippen LogP contribution >= 0.6 is 0 Å². The number of rotatable bonds is 4. The molecule has 162 valence electrons. The lowest BCUT2D eigenvalue weighted by Gasteiger charge is -2.19. The normalized spacial score (nSPS) is 13.1. The van der Waals surface area contributed by atoms with Crippen LogP contribution in [0.25, 0.3) is 17.1 Å². The van der Waals surface area contributed by atoms with Crippen LogP contribution in [0.3, 0.4) is 0 Å². The predicted octanol–water partition coefficient (Wildman–Crippen LogP) is 3.49. The zero-order chi connectivity index (χ0) is 22.6. The number of aromatic nitrogens is 6. The van der Waals surface area contributed by atoms with Gasteiger partial charge >= 0.3 is 18.3 Å². The molecule has 0 aromatic carbocycles. The highest BCUT2D eigenvalue weighted by atomic mass is 19.4. The number of aryl methyl sites for hydroxylation is 2. The number of hydrogen-bond acceptors (Lipinski definition) is 4. The number of halogens is 8. The summed E-state index contributed by atoms with van der Waals surface area (Å²) in [5.74, 6) is -7.01. The van der Waals surface area contributed by atoms with Gasteiger partial charge in [-0.1, -0.05) is 0 Å². The highest BCUT2D eigenvalue weighted by Gasteiger charge is 2.64.